The molecule has 1 aromatic heterocycles. The van der Waals surface area contributed by atoms with Gasteiger partial charge in [-0.15, -0.1) is 10.2 Å². The first-order chi connectivity index (χ1) is 15.4. The first kappa shape index (κ1) is 21.2. The van der Waals surface area contributed by atoms with Gasteiger partial charge in [-0.25, -0.2) is 8.78 Å². The highest BCUT2D eigenvalue weighted by molar-refractivity contribution is 6.03. The lowest BCUT2D eigenvalue weighted by Crippen LogP contribution is -2.38. The minimum Gasteiger partial charge on any atom is -0.487 e. The molecule has 4 rings (SSSR count). The van der Waals surface area contributed by atoms with Crippen molar-refractivity contribution in [3.05, 3.63) is 65.4 Å². The van der Waals surface area contributed by atoms with Gasteiger partial charge in [-0.1, -0.05) is 0 Å². The maximum Gasteiger partial charge on any atom is 0.313 e. The zero-order chi connectivity index (χ0) is 22.7. The molecule has 3 aromatic rings. The summed E-state index contributed by atoms with van der Waals surface area (Å²) in [6, 6.07) is 10.3. The summed E-state index contributed by atoms with van der Waals surface area (Å²) in [5.41, 5.74) is 1.55. The predicted molar refractivity (Wildman–Crippen MR) is 110 cm³/mol. The van der Waals surface area contributed by atoms with Crippen LogP contribution in [-0.4, -0.2) is 35.3 Å². The van der Waals surface area contributed by atoms with Crippen molar-refractivity contribution in [1.29, 1.82) is 5.26 Å². The maximum absolute atomic E-state index is 13.9. The number of aromatic nitrogens is 2. The van der Waals surface area contributed by atoms with Crippen LogP contribution >= 0.6 is 0 Å². The monoisotopic (exact) mass is 439 g/mol. The van der Waals surface area contributed by atoms with Crippen LogP contribution in [0.15, 0.2) is 40.8 Å². The van der Waals surface area contributed by atoms with Crippen LogP contribution in [0.1, 0.15) is 35.0 Å². The number of amides is 1. The molecule has 0 atom stereocenters. The molecule has 0 saturated carbocycles. The second kappa shape index (κ2) is 9.01. The Morgan fingerprint density at radius 3 is 2.66 bits per heavy atom. The molecule has 0 radical (unpaired) electrons. The number of carbonyl (C=O) groups excluding carboxylic acids is 1. The van der Waals surface area contributed by atoms with Gasteiger partial charge in [-0.2, -0.15) is 5.26 Å². The van der Waals surface area contributed by atoms with Gasteiger partial charge >= 0.3 is 11.8 Å². The van der Waals surface area contributed by atoms with Gasteiger partial charge in [-0.05, 0) is 30.3 Å². The number of aryl methyl sites for hydroxylation is 1. The topological polar surface area (TPSA) is 104 Å². The standard InChI is InChI=1S/C22H19F2N5O3/c1-13-27-28-22(31-13)21(30)26-18-10-14(12-25)2-4-19(18)29-8-6-16(7-9-29)32-20-5-3-15(23)11-17(20)24/h2-5,10-11,16H,6-9H2,1H3,(H,26,30). The number of ether oxygens (including phenoxy) is 1. The Kier molecular flexibility index (Phi) is 5.98. The largest absolute Gasteiger partial charge is 0.487 e. The lowest BCUT2D eigenvalue weighted by atomic mass is 10.1. The summed E-state index contributed by atoms with van der Waals surface area (Å²) in [6.07, 6.45) is 0.948. The van der Waals surface area contributed by atoms with Crippen molar-refractivity contribution in [3.8, 4) is 11.8 Å². The predicted octanol–water partition coefficient (Wildman–Crippen LogP) is 3.83. The van der Waals surface area contributed by atoms with E-state index in [2.05, 4.69) is 21.6 Å². The van der Waals surface area contributed by atoms with E-state index in [1.807, 2.05) is 4.90 Å². The first-order valence-electron chi connectivity index (χ1n) is 9.95. The Balaban J connectivity index is 1.46. The average molecular weight is 439 g/mol. The van der Waals surface area contributed by atoms with Gasteiger partial charge in [0.25, 0.3) is 0 Å². The van der Waals surface area contributed by atoms with Crippen LogP contribution in [0.2, 0.25) is 0 Å². The molecular weight excluding hydrogens is 420 g/mol. The number of nitrogens with zero attached hydrogens (tertiary/aromatic N) is 4. The van der Waals surface area contributed by atoms with E-state index in [0.29, 0.717) is 37.2 Å². The van der Waals surface area contributed by atoms with Crippen molar-refractivity contribution in [2.24, 2.45) is 0 Å². The van der Waals surface area contributed by atoms with E-state index in [4.69, 9.17) is 9.15 Å². The summed E-state index contributed by atoms with van der Waals surface area (Å²) in [5, 5.41) is 19.3. The van der Waals surface area contributed by atoms with Crippen molar-refractivity contribution in [2.75, 3.05) is 23.3 Å². The molecule has 1 aliphatic rings. The molecule has 32 heavy (non-hydrogen) atoms. The van der Waals surface area contributed by atoms with Crippen LogP contribution in [0, 0.1) is 29.9 Å². The molecule has 0 aliphatic carbocycles. The molecule has 1 fully saturated rings. The van der Waals surface area contributed by atoms with Crippen molar-refractivity contribution in [1.82, 2.24) is 10.2 Å². The fourth-order valence-electron chi connectivity index (χ4n) is 3.51. The number of hydrogen-bond donors (Lipinski definition) is 1. The lowest BCUT2D eigenvalue weighted by molar-refractivity contribution is 0.0989. The Bertz CT molecular complexity index is 1180. The summed E-state index contributed by atoms with van der Waals surface area (Å²) in [7, 11) is 0. The third kappa shape index (κ3) is 4.67. The SMILES string of the molecule is Cc1nnc(C(=O)Nc2cc(C#N)ccc2N2CCC(Oc3ccc(F)cc3F)CC2)o1. The number of nitriles is 1. The van der Waals surface area contributed by atoms with Crippen LogP contribution in [0.4, 0.5) is 20.2 Å². The minimum absolute atomic E-state index is 0.0195. The highest BCUT2D eigenvalue weighted by atomic mass is 19.1. The molecule has 1 N–H and O–H groups in total. The molecule has 1 aliphatic heterocycles. The number of rotatable bonds is 5. The number of benzene rings is 2. The molecule has 0 bridgehead atoms. The van der Waals surface area contributed by atoms with E-state index in [1.54, 1.807) is 25.1 Å². The third-order valence-electron chi connectivity index (χ3n) is 5.06. The maximum atomic E-state index is 13.9. The molecule has 0 unspecified atom stereocenters. The lowest BCUT2D eigenvalue weighted by Gasteiger charge is -2.34. The van der Waals surface area contributed by atoms with Crippen LogP contribution in [-0.2, 0) is 0 Å². The normalized spacial score (nSPS) is 14.1. The van der Waals surface area contributed by atoms with Crippen molar-refractivity contribution >= 4 is 17.3 Å². The smallest absolute Gasteiger partial charge is 0.313 e. The molecule has 1 amide bonds. The van der Waals surface area contributed by atoms with Gasteiger partial charge in [0.1, 0.15) is 11.9 Å². The molecule has 2 aromatic carbocycles. The summed E-state index contributed by atoms with van der Waals surface area (Å²) in [5.74, 6) is -1.86. The molecular formula is C22H19F2N5O3. The number of piperidine rings is 1. The van der Waals surface area contributed by atoms with Gasteiger partial charge in [0, 0.05) is 38.9 Å². The third-order valence-corrected chi connectivity index (χ3v) is 5.06. The van der Waals surface area contributed by atoms with Gasteiger partial charge < -0.3 is 19.4 Å². The van der Waals surface area contributed by atoms with Gasteiger partial charge in [-0.3, -0.25) is 4.79 Å². The summed E-state index contributed by atoms with van der Waals surface area (Å²) >= 11 is 0. The number of nitrogens with one attached hydrogen (secondary N) is 1. The van der Waals surface area contributed by atoms with Crippen LogP contribution in [0.3, 0.4) is 0 Å². The second-order valence-corrected chi connectivity index (χ2v) is 7.30. The van der Waals surface area contributed by atoms with Crippen molar-refractivity contribution in [2.45, 2.75) is 25.9 Å². The Labute approximate surface area is 182 Å². The van der Waals surface area contributed by atoms with E-state index in [1.165, 1.54) is 6.07 Å². The molecule has 164 valence electrons. The highest BCUT2D eigenvalue weighted by Crippen LogP contribution is 2.31. The van der Waals surface area contributed by atoms with Crippen molar-refractivity contribution < 1.29 is 22.7 Å². The fourth-order valence-corrected chi connectivity index (χ4v) is 3.51. The number of anilines is 2. The molecule has 10 heteroatoms. The van der Waals surface area contributed by atoms with Crippen LogP contribution < -0.4 is 15.0 Å². The van der Waals surface area contributed by atoms with Gasteiger partial charge in [0.05, 0.1) is 23.0 Å². The van der Waals surface area contributed by atoms with Gasteiger partial charge in [0.15, 0.2) is 11.6 Å². The van der Waals surface area contributed by atoms with Crippen LogP contribution in [0.25, 0.3) is 0 Å². The number of halogens is 2. The van der Waals surface area contributed by atoms with Crippen molar-refractivity contribution in [3.63, 3.8) is 0 Å². The molecule has 0 spiro atoms. The summed E-state index contributed by atoms with van der Waals surface area (Å²) in [6.45, 7) is 2.72. The van der Waals surface area contributed by atoms with E-state index in [-0.39, 0.29) is 23.6 Å². The molecule has 2 heterocycles. The summed E-state index contributed by atoms with van der Waals surface area (Å²) < 4.78 is 37.8. The quantitative estimate of drug-likeness (QED) is 0.644. The average Bonchev–Trinajstić information content (AvgIpc) is 3.23. The summed E-state index contributed by atoms with van der Waals surface area (Å²) in [4.78, 5) is 14.5. The van der Waals surface area contributed by atoms with E-state index < -0.39 is 17.5 Å². The first-order valence-corrected chi connectivity index (χ1v) is 9.95. The van der Waals surface area contributed by atoms with E-state index in [0.717, 1.165) is 17.8 Å². The Morgan fingerprint density at radius 1 is 1.22 bits per heavy atom. The Morgan fingerprint density at radius 2 is 2.00 bits per heavy atom. The minimum atomic E-state index is -0.735. The van der Waals surface area contributed by atoms with Crippen LogP contribution in [0.5, 0.6) is 5.75 Å². The van der Waals surface area contributed by atoms with E-state index >= 15 is 0 Å². The molecule has 1 saturated heterocycles. The number of carbonyl (C=O) groups is 1. The zero-order valence-corrected chi connectivity index (χ0v) is 17.1. The second-order valence-electron chi connectivity index (χ2n) is 7.30. The fraction of sp³-hybridized carbons (Fsp3) is 0.273. The number of hydrogen-bond acceptors (Lipinski definition) is 7. The van der Waals surface area contributed by atoms with E-state index in [9.17, 15) is 18.8 Å². The highest BCUT2D eigenvalue weighted by Gasteiger charge is 2.25. The Hall–Kier alpha value is -4.00. The van der Waals surface area contributed by atoms with Gasteiger partial charge in [0.2, 0.25) is 5.89 Å². The zero-order valence-electron chi connectivity index (χ0n) is 17.1. The molecule has 8 nitrogen and oxygen atoms in total.